The van der Waals surface area contributed by atoms with Crippen LogP contribution in [0.3, 0.4) is 0 Å². The van der Waals surface area contributed by atoms with Gasteiger partial charge in [0.05, 0.1) is 11.5 Å². The summed E-state index contributed by atoms with van der Waals surface area (Å²) < 4.78 is 5.61. The van der Waals surface area contributed by atoms with Crippen molar-refractivity contribution in [3.63, 3.8) is 0 Å². The SMILES string of the molecule is N#CC1(NC(=O)COC(=O)C23C[C@H]4C[C@@H](C2)CC(c2ccccc2)(C4)C3)CCCC1. The van der Waals surface area contributed by atoms with E-state index in [1.54, 1.807) is 0 Å². The van der Waals surface area contributed by atoms with Crippen molar-refractivity contribution in [2.45, 2.75) is 75.2 Å². The van der Waals surface area contributed by atoms with E-state index in [4.69, 9.17) is 4.74 Å². The Balaban J connectivity index is 1.29. The molecular formula is C25H30N2O3. The van der Waals surface area contributed by atoms with Crippen molar-refractivity contribution < 1.29 is 14.3 Å². The summed E-state index contributed by atoms with van der Waals surface area (Å²) in [7, 11) is 0. The first-order chi connectivity index (χ1) is 14.5. The van der Waals surface area contributed by atoms with Crippen LogP contribution in [-0.2, 0) is 19.7 Å². The lowest BCUT2D eigenvalue weighted by atomic mass is 9.43. The number of carbonyl (C=O) groups is 2. The second kappa shape index (κ2) is 7.11. The number of ether oxygens (including phenoxy) is 1. The molecule has 5 nitrogen and oxygen atoms in total. The molecule has 1 aromatic carbocycles. The van der Waals surface area contributed by atoms with Crippen molar-refractivity contribution in [3.05, 3.63) is 35.9 Å². The number of hydrogen-bond donors (Lipinski definition) is 1. The lowest BCUT2D eigenvalue weighted by molar-refractivity contribution is -0.175. The Morgan fingerprint density at radius 3 is 2.37 bits per heavy atom. The van der Waals surface area contributed by atoms with E-state index >= 15 is 0 Å². The number of nitrogens with zero attached hydrogens (tertiary/aromatic N) is 1. The van der Waals surface area contributed by atoms with Gasteiger partial charge in [-0.3, -0.25) is 9.59 Å². The molecule has 1 aromatic rings. The second-order valence-electron chi connectivity index (χ2n) is 10.4. The zero-order chi connectivity index (χ0) is 20.8. The predicted molar refractivity (Wildman–Crippen MR) is 111 cm³/mol. The molecule has 0 aliphatic heterocycles. The van der Waals surface area contributed by atoms with Gasteiger partial charge < -0.3 is 10.1 Å². The van der Waals surface area contributed by atoms with Crippen LogP contribution in [0.5, 0.6) is 0 Å². The van der Waals surface area contributed by atoms with Crippen molar-refractivity contribution in [3.8, 4) is 6.07 Å². The van der Waals surface area contributed by atoms with Crippen LogP contribution in [-0.4, -0.2) is 24.0 Å². The molecule has 0 radical (unpaired) electrons. The van der Waals surface area contributed by atoms with Gasteiger partial charge >= 0.3 is 5.97 Å². The van der Waals surface area contributed by atoms with E-state index in [9.17, 15) is 14.9 Å². The summed E-state index contributed by atoms with van der Waals surface area (Å²) in [5.74, 6) is 0.570. The number of nitriles is 1. The molecule has 6 rings (SSSR count). The first-order valence-corrected chi connectivity index (χ1v) is 11.4. The average molecular weight is 407 g/mol. The zero-order valence-corrected chi connectivity index (χ0v) is 17.5. The summed E-state index contributed by atoms with van der Waals surface area (Å²) in [5.41, 5.74) is 0.190. The monoisotopic (exact) mass is 406 g/mol. The van der Waals surface area contributed by atoms with E-state index in [2.05, 4.69) is 35.7 Å². The van der Waals surface area contributed by atoms with Gasteiger partial charge in [0.15, 0.2) is 6.61 Å². The normalized spacial score (nSPS) is 35.6. The fraction of sp³-hybridized carbons (Fsp3) is 0.640. The van der Waals surface area contributed by atoms with Gasteiger partial charge in [0, 0.05) is 0 Å². The van der Waals surface area contributed by atoms with E-state index in [0.717, 1.165) is 44.9 Å². The number of esters is 1. The number of hydrogen-bond acceptors (Lipinski definition) is 4. The molecule has 5 saturated carbocycles. The minimum absolute atomic E-state index is 0.0708. The maximum Gasteiger partial charge on any atom is 0.312 e. The largest absolute Gasteiger partial charge is 0.455 e. The van der Waals surface area contributed by atoms with E-state index in [-0.39, 0.29) is 23.9 Å². The van der Waals surface area contributed by atoms with Crippen LogP contribution >= 0.6 is 0 Å². The highest BCUT2D eigenvalue weighted by Crippen LogP contribution is 2.66. The summed E-state index contributed by atoms with van der Waals surface area (Å²) in [6, 6.07) is 12.9. The smallest absolute Gasteiger partial charge is 0.312 e. The molecule has 5 fully saturated rings. The Morgan fingerprint density at radius 1 is 1.07 bits per heavy atom. The van der Waals surface area contributed by atoms with Gasteiger partial charge in [0.25, 0.3) is 5.91 Å². The van der Waals surface area contributed by atoms with Gasteiger partial charge in [-0.2, -0.15) is 5.26 Å². The summed E-state index contributed by atoms with van der Waals surface area (Å²) in [4.78, 5) is 25.7. The molecule has 158 valence electrons. The third-order valence-corrected chi connectivity index (χ3v) is 8.26. The molecule has 30 heavy (non-hydrogen) atoms. The van der Waals surface area contributed by atoms with E-state index in [0.29, 0.717) is 24.7 Å². The van der Waals surface area contributed by atoms with Crippen LogP contribution in [0.2, 0.25) is 0 Å². The number of rotatable bonds is 5. The second-order valence-corrected chi connectivity index (χ2v) is 10.4. The minimum atomic E-state index is -0.776. The molecule has 5 heteroatoms. The Labute approximate surface area is 178 Å². The lowest BCUT2D eigenvalue weighted by Crippen LogP contribution is -2.57. The van der Waals surface area contributed by atoms with Crippen molar-refractivity contribution in [2.75, 3.05) is 6.61 Å². The van der Waals surface area contributed by atoms with Crippen LogP contribution in [0.15, 0.2) is 30.3 Å². The van der Waals surface area contributed by atoms with Gasteiger partial charge in [-0.25, -0.2) is 0 Å². The van der Waals surface area contributed by atoms with Crippen LogP contribution in [0.4, 0.5) is 0 Å². The highest BCUT2D eigenvalue weighted by molar-refractivity contribution is 5.84. The zero-order valence-electron chi connectivity index (χ0n) is 17.5. The number of carbonyl (C=O) groups excluding carboxylic acids is 2. The average Bonchev–Trinajstić information content (AvgIpc) is 3.20. The van der Waals surface area contributed by atoms with Crippen molar-refractivity contribution in [1.29, 1.82) is 5.26 Å². The summed E-state index contributed by atoms with van der Waals surface area (Å²) in [5, 5.41) is 12.3. The maximum atomic E-state index is 13.3. The quantitative estimate of drug-likeness (QED) is 0.749. The Hall–Kier alpha value is -2.35. The molecule has 2 unspecified atom stereocenters. The highest BCUT2D eigenvalue weighted by atomic mass is 16.5. The predicted octanol–water partition coefficient (Wildman–Crippen LogP) is 4.02. The van der Waals surface area contributed by atoms with E-state index in [1.807, 2.05) is 6.07 Å². The Kier molecular flexibility index (Phi) is 4.65. The standard InChI is InChI=1S/C25H30N2O3/c26-17-25(8-4-5-9-25)27-21(28)15-30-22(29)24-13-18-10-19(14-24)12-23(11-18,16-24)20-6-2-1-3-7-20/h1-3,6-7,18-19H,4-5,8-16H2,(H,27,28)/t18-,19+,23?,24?. The first kappa shape index (κ1) is 19.6. The molecule has 5 aliphatic carbocycles. The molecule has 0 heterocycles. The van der Waals surface area contributed by atoms with Gasteiger partial charge in [-0.15, -0.1) is 0 Å². The van der Waals surface area contributed by atoms with E-state index < -0.39 is 11.0 Å². The fourth-order valence-electron chi connectivity index (χ4n) is 7.46. The molecule has 5 aliphatic rings. The molecule has 1 N–H and O–H groups in total. The van der Waals surface area contributed by atoms with Crippen molar-refractivity contribution in [2.24, 2.45) is 17.3 Å². The van der Waals surface area contributed by atoms with Crippen LogP contribution < -0.4 is 5.32 Å². The summed E-state index contributed by atoms with van der Waals surface area (Å²) >= 11 is 0. The fourth-order valence-corrected chi connectivity index (χ4v) is 7.46. The van der Waals surface area contributed by atoms with Crippen molar-refractivity contribution in [1.82, 2.24) is 5.32 Å². The van der Waals surface area contributed by atoms with Gasteiger partial charge in [-0.05, 0) is 87.0 Å². The van der Waals surface area contributed by atoms with Gasteiger partial charge in [0.1, 0.15) is 5.54 Å². The summed E-state index contributed by atoms with van der Waals surface area (Å²) in [6.45, 7) is -0.280. The van der Waals surface area contributed by atoms with E-state index in [1.165, 1.54) is 12.0 Å². The Bertz CT molecular complexity index is 867. The molecular weight excluding hydrogens is 376 g/mol. The van der Waals surface area contributed by atoms with Gasteiger partial charge in [-0.1, -0.05) is 30.3 Å². The maximum absolute atomic E-state index is 13.3. The third kappa shape index (κ3) is 3.21. The Morgan fingerprint density at radius 2 is 1.73 bits per heavy atom. The lowest BCUT2D eigenvalue weighted by Gasteiger charge is -2.61. The van der Waals surface area contributed by atoms with Crippen LogP contribution in [0.25, 0.3) is 0 Å². The van der Waals surface area contributed by atoms with Crippen LogP contribution in [0.1, 0.15) is 69.8 Å². The summed E-state index contributed by atoms with van der Waals surface area (Å²) in [6.07, 6.45) is 9.39. The molecule has 4 bridgehead atoms. The minimum Gasteiger partial charge on any atom is -0.455 e. The number of benzene rings is 1. The molecule has 0 saturated heterocycles. The topological polar surface area (TPSA) is 79.2 Å². The third-order valence-electron chi connectivity index (χ3n) is 8.26. The number of nitrogens with one attached hydrogen (secondary N) is 1. The molecule has 1 amide bonds. The molecule has 4 atom stereocenters. The van der Waals surface area contributed by atoms with Crippen molar-refractivity contribution >= 4 is 11.9 Å². The highest BCUT2D eigenvalue weighted by Gasteiger charge is 2.61. The van der Waals surface area contributed by atoms with Gasteiger partial charge in [0.2, 0.25) is 0 Å². The molecule has 0 aromatic heterocycles. The first-order valence-electron chi connectivity index (χ1n) is 11.4. The van der Waals surface area contributed by atoms with Crippen LogP contribution in [0, 0.1) is 28.6 Å². The molecule has 0 spiro atoms. The number of amides is 1.